The smallest absolute Gasteiger partial charge is 0.0502 e. The van der Waals surface area contributed by atoms with Gasteiger partial charge < -0.3 is 4.90 Å². The Morgan fingerprint density at radius 2 is 1.62 bits per heavy atom. The summed E-state index contributed by atoms with van der Waals surface area (Å²) >= 11 is 0. The van der Waals surface area contributed by atoms with Crippen molar-refractivity contribution < 1.29 is 0 Å². The molecule has 1 heteroatoms. The average Bonchev–Trinajstić information content (AvgIpc) is 2.86. The molecule has 2 aromatic carbocycles. The van der Waals surface area contributed by atoms with Crippen LogP contribution in [0.5, 0.6) is 0 Å². The molecule has 1 nitrogen and oxygen atoms in total. The van der Waals surface area contributed by atoms with E-state index in [1.165, 1.54) is 44.9 Å². The van der Waals surface area contributed by atoms with Crippen LogP contribution in [-0.4, -0.2) is 0 Å². The van der Waals surface area contributed by atoms with Gasteiger partial charge in [-0.05, 0) is 79.7 Å². The molecule has 0 aromatic heterocycles. The Kier molecular flexibility index (Phi) is 6.58. The fourth-order valence-electron chi connectivity index (χ4n) is 5.54. The van der Waals surface area contributed by atoms with Gasteiger partial charge >= 0.3 is 0 Å². The van der Waals surface area contributed by atoms with Gasteiger partial charge in [-0.3, -0.25) is 0 Å². The number of rotatable bonds is 5. The van der Waals surface area contributed by atoms with Crippen molar-refractivity contribution in [2.24, 2.45) is 0 Å². The maximum atomic E-state index is 2.52. The number of fused-ring (bicyclic) bond motifs is 1. The van der Waals surface area contributed by atoms with E-state index in [0.717, 1.165) is 12.8 Å². The number of hydrogen-bond acceptors (Lipinski definition) is 1. The molecule has 0 saturated carbocycles. The van der Waals surface area contributed by atoms with E-state index in [4.69, 9.17) is 0 Å². The van der Waals surface area contributed by atoms with Crippen LogP contribution < -0.4 is 4.90 Å². The zero-order valence-electron chi connectivity index (χ0n) is 21.9. The molecule has 176 valence electrons. The quantitative estimate of drug-likeness (QED) is 0.411. The molecule has 2 aliphatic rings. The summed E-state index contributed by atoms with van der Waals surface area (Å²) in [6, 6.07) is 19.8. The first-order chi connectivity index (χ1) is 16.2. The maximum Gasteiger partial charge on any atom is 0.0502 e. The van der Waals surface area contributed by atoms with Crippen LogP contribution in [0.3, 0.4) is 0 Å². The van der Waals surface area contributed by atoms with Gasteiger partial charge in [-0.1, -0.05) is 94.5 Å². The Bertz CT molecular complexity index is 1210. The Morgan fingerprint density at radius 1 is 0.941 bits per heavy atom. The van der Waals surface area contributed by atoms with Gasteiger partial charge in [-0.15, -0.1) is 0 Å². The Morgan fingerprint density at radius 3 is 2.29 bits per heavy atom. The molecular formula is C33H39N. The lowest BCUT2D eigenvalue weighted by atomic mass is 9.70. The fourth-order valence-corrected chi connectivity index (χ4v) is 5.54. The molecule has 0 unspecified atom stereocenters. The second kappa shape index (κ2) is 9.29. The molecular weight excluding hydrogens is 410 g/mol. The van der Waals surface area contributed by atoms with Gasteiger partial charge in [0.05, 0.1) is 5.69 Å². The average molecular weight is 450 g/mol. The van der Waals surface area contributed by atoms with Gasteiger partial charge in [0.2, 0.25) is 0 Å². The van der Waals surface area contributed by atoms with Crippen LogP contribution in [0.2, 0.25) is 0 Å². The van der Waals surface area contributed by atoms with Crippen LogP contribution in [0.15, 0.2) is 113 Å². The fraction of sp³-hybridized carbons (Fsp3) is 0.333. The van der Waals surface area contributed by atoms with Crippen molar-refractivity contribution in [1.29, 1.82) is 0 Å². The highest BCUT2D eigenvalue weighted by atomic mass is 15.2. The molecule has 0 spiro atoms. The normalized spacial score (nSPS) is 18.7. The highest BCUT2D eigenvalue weighted by molar-refractivity contribution is 5.75. The number of anilines is 1. The van der Waals surface area contributed by atoms with Gasteiger partial charge in [-0.25, -0.2) is 0 Å². The molecule has 2 aromatic rings. The van der Waals surface area contributed by atoms with Crippen molar-refractivity contribution in [3.05, 3.63) is 124 Å². The molecule has 1 aliphatic carbocycles. The SMILES string of the molecule is C\C=C(C)/C(=C\C(=C\C)C(C)(C)c1ccccc1)N1C2=C(CCC=C2)C(C)(C)c2ccccc21. The first kappa shape index (κ1) is 24.1. The lowest BCUT2D eigenvalue weighted by Gasteiger charge is -2.45. The van der Waals surface area contributed by atoms with E-state index in [2.05, 4.69) is 138 Å². The van der Waals surface area contributed by atoms with E-state index in [-0.39, 0.29) is 10.8 Å². The van der Waals surface area contributed by atoms with Crippen LogP contribution in [0.4, 0.5) is 5.69 Å². The summed E-state index contributed by atoms with van der Waals surface area (Å²) in [5, 5.41) is 0. The maximum absolute atomic E-state index is 2.52. The standard InChI is InChI=1S/C33H39N/c1-8-24(3)31(23-25(9-2)32(4,5)26-17-11-10-12-18-26)34-29-21-15-13-19-27(29)33(6,7)28-20-14-16-22-30(28)34/h8-13,15-19,21-23H,14,20H2,1-7H3/b24-8-,25-9-,31-23+. The zero-order valence-corrected chi connectivity index (χ0v) is 21.9. The van der Waals surface area contributed by atoms with E-state index in [1.807, 2.05) is 0 Å². The van der Waals surface area contributed by atoms with Gasteiger partial charge in [0.15, 0.2) is 0 Å². The van der Waals surface area contributed by atoms with Gasteiger partial charge in [-0.2, -0.15) is 0 Å². The highest BCUT2D eigenvalue weighted by Gasteiger charge is 2.39. The molecule has 34 heavy (non-hydrogen) atoms. The number of nitrogens with zero attached hydrogens (tertiary/aromatic N) is 1. The minimum atomic E-state index is -0.108. The summed E-state index contributed by atoms with van der Waals surface area (Å²) in [5.41, 5.74) is 10.7. The first-order valence-electron chi connectivity index (χ1n) is 12.6. The van der Waals surface area contributed by atoms with Crippen LogP contribution >= 0.6 is 0 Å². The minimum absolute atomic E-state index is 0.0227. The zero-order chi connectivity index (χ0) is 24.5. The van der Waals surface area contributed by atoms with Crippen LogP contribution in [0, 0.1) is 0 Å². The van der Waals surface area contributed by atoms with Crippen molar-refractivity contribution in [3.63, 3.8) is 0 Å². The van der Waals surface area contributed by atoms with Crippen molar-refractivity contribution in [2.75, 3.05) is 4.90 Å². The molecule has 0 radical (unpaired) electrons. The van der Waals surface area contributed by atoms with Gasteiger partial charge in [0.25, 0.3) is 0 Å². The molecule has 1 aliphatic heterocycles. The first-order valence-corrected chi connectivity index (χ1v) is 12.6. The molecule has 0 fully saturated rings. The van der Waals surface area contributed by atoms with Crippen LogP contribution in [-0.2, 0) is 10.8 Å². The lowest BCUT2D eigenvalue weighted by molar-refractivity contribution is 0.568. The third-order valence-electron chi connectivity index (χ3n) is 7.86. The van der Waals surface area contributed by atoms with E-state index in [0.29, 0.717) is 0 Å². The molecule has 0 N–H and O–H groups in total. The topological polar surface area (TPSA) is 3.24 Å². The Labute approximate surface area is 206 Å². The summed E-state index contributed by atoms with van der Waals surface area (Å²) < 4.78 is 0. The molecule has 0 bridgehead atoms. The largest absolute Gasteiger partial charge is 0.310 e. The molecule has 4 rings (SSSR count). The van der Waals surface area contributed by atoms with E-state index >= 15 is 0 Å². The van der Waals surface area contributed by atoms with Crippen molar-refractivity contribution in [1.82, 2.24) is 0 Å². The van der Waals surface area contributed by atoms with Crippen molar-refractivity contribution >= 4 is 5.69 Å². The predicted molar refractivity (Wildman–Crippen MR) is 148 cm³/mol. The number of hydrogen-bond donors (Lipinski definition) is 0. The summed E-state index contributed by atoms with van der Waals surface area (Å²) in [5.74, 6) is 0. The van der Waals surface area contributed by atoms with E-state index in [1.54, 1.807) is 0 Å². The Balaban J connectivity index is 1.96. The van der Waals surface area contributed by atoms with Crippen molar-refractivity contribution in [2.45, 2.75) is 72.1 Å². The van der Waals surface area contributed by atoms with Crippen LogP contribution in [0.25, 0.3) is 0 Å². The third-order valence-corrected chi connectivity index (χ3v) is 7.86. The second-order valence-electron chi connectivity index (χ2n) is 10.5. The number of benzene rings is 2. The predicted octanol–water partition coefficient (Wildman–Crippen LogP) is 9.16. The number of para-hydroxylation sites is 1. The van der Waals surface area contributed by atoms with Crippen molar-refractivity contribution in [3.8, 4) is 0 Å². The highest BCUT2D eigenvalue weighted by Crippen LogP contribution is 2.50. The molecule has 0 saturated heterocycles. The summed E-state index contributed by atoms with van der Waals surface area (Å²) in [7, 11) is 0. The molecule has 0 atom stereocenters. The molecule has 1 heterocycles. The molecule has 0 amide bonds. The number of allylic oxidation sites excluding steroid dienone is 8. The van der Waals surface area contributed by atoms with Gasteiger partial charge in [0.1, 0.15) is 0 Å². The third kappa shape index (κ3) is 4.02. The second-order valence-corrected chi connectivity index (χ2v) is 10.5. The van der Waals surface area contributed by atoms with Gasteiger partial charge in [0, 0.05) is 22.2 Å². The monoisotopic (exact) mass is 449 g/mol. The summed E-state index contributed by atoms with van der Waals surface area (Å²) in [4.78, 5) is 2.52. The van der Waals surface area contributed by atoms with E-state index < -0.39 is 0 Å². The summed E-state index contributed by atoms with van der Waals surface area (Å²) in [6.07, 6.45) is 13.8. The summed E-state index contributed by atoms with van der Waals surface area (Å²) in [6.45, 7) is 16.0. The Hall–Kier alpha value is -3.06. The van der Waals surface area contributed by atoms with E-state index in [9.17, 15) is 0 Å². The van der Waals surface area contributed by atoms with Crippen LogP contribution in [0.1, 0.15) is 72.4 Å². The minimum Gasteiger partial charge on any atom is -0.310 e. The lowest BCUT2D eigenvalue weighted by Crippen LogP contribution is -2.37.